The van der Waals surface area contributed by atoms with E-state index in [0.29, 0.717) is 0 Å². The number of nitrogens with zero attached hydrogens (tertiary/aromatic N) is 1. The largest absolute Gasteiger partial charge is 0.359 e. The Labute approximate surface area is 67.2 Å². The van der Waals surface area contributed by atoms with Crippen LogP contribution < -0.4 is 5.32 Å². The number of rotatable bonds is 1. The Kier molecular flexibility index (Phi) is 3.68. The molecule has 3 nitrogen and oxygen atoms in total. The van der Waals surface area contributed by atoms with Gasteiger partial charge in [0.15, 0.2) is 0 Å². The maximum atomic E-state index is 10.8. The second-order valence-corrected chi connectivity index (χ2v) is 2.53. The second-order valence-electron chi connectivity index (χ2n) is 2.53. The van der Waals surface area contributed by atoms with Crippen LogP contribution in [0.25, 0.3) is 0 Å². The topological polar surface area (TPSA) is 32.3 Å². The number of likely N-dealkylation sites (tertiary alicyclic amines) is 1. The maximum absolute atomic E-state index is 10.8. The predicted molar refractivity (Wildman–Crippen MR) is 42.3 cm³/mol. The van der Waals surface area contributed by atoms with E-state index in [0.717, 1.165) is 13.1 Å². The highest BCUT2D eigenvalue weighted by Gasteiger charge is 2.28. The Balaban J connectivity index is 0.000000810. The monoisotopic (exact) mass is 164 g/mol. The Morgan fingerprint density at radius 2 is 2.10 bits per heavy atom. The van der Waals surface area contributed by atoms with Gasteiger partial charge in [0.1, 0.15) is 0 Å². The first kappa shape index (κ1) is 9.72. The van der Waals surface area contributed by atoms with Gasteiger partial charge in [0.05, 0.1) is 5.92 Å². The smallest absolute Gasteiger partial charge is 0.225 e. The quantitative estimate of drug-likeness (QED) is 0.578. The van der Waals surface area contributed by atoms with Crippen molar-refractivity contribution in [3.05, 3.63) is 0 Å². The van der Waals surface area contributed by atoms with Crippen molar-refractivity contribution in [2.45, 2.75) is 0 Å². The second kappa shape index (κ2) is 3.78. The molecule has 10 heavy (non-hydrogen) atoms. The molecule has 0 aliphatic carbocycles. The van der Waals surface area contributed by atoms with Crippen molar-refractivity contribution >= 4 is 18.3 Å². The Hall–Kier alpha value is -0.280. The molecule has 1 fully saturated rings. The Morgan fingerprint density at radius 3 is 2.40 bits per heavy atom. The fraction of sp³-hybridized carbons (Fsp3) is 0.833. The van der Waals surface area contributed by atoms with Crippen LogP contribution in [0.5, 0.6) is 0 Å². The minimum absolute atomic E-state index is 0. The van der Waals surface area contributed by atoms with Gasteiger partial charge in [0.25, 0.3) is 0 Å². The fourth-order valence-electron chi connectivity index (χ4n) is 1.07. The van der Waals surface area contributed by atoms with Crippen LogP contribution in [0.15, 0.2) is 0 Å². The number of hydrogen-bond acceptors (Lipinski definition) is 2. The average molecular weight is 165 g/mol. The Morgan fingerprint density at radius 1 is 1.60 bits per heavy atom. The number of amides is 1. The van der Waals surface area contributed by atoms with E-state index in [2.05, 4.69) is 10.2 Å². The van der Waals surface area contributed by atoms with E-state index in [1.54, 1.807) is 7.05 Å². The van der Waals surface area contributed by atoms with Crippen LogP contribution in [-0.4, -0.2) is 38.0 Å². The summed E-state index contributed by atoms with van der Waals surface area (Å²) >= 11 is 0. The van der Waals surface area contributed by atoms with Gasteiger partial charge in [0.2, 0.25) is 5.91 Å². The third-order valence-corrected chi connectivity index (χ3v) is 1.68. The zero-order valence-electron chi connectivity index (χ0n) is 6.26. The molecular weight excluding hydrogens is 152 g/mol. The van der Waals surface area contributed by atoms with Crippen LogP contribution in [0.2, 0.25) is 0 Å². The molecule has 0 aromatic heterocycles. The van der Waals surface area contributed by atoms with Gasteiger partial charge in [-0.05, 0) is 7.05 Å². The van der Waals surface area contributed by atoms with E-state index in [4.69, 9.17) is 0 Å². The summed E-state index contributed by atoms with van der Waals surface area (Å²) in [4.78, 5) is 12.9. The minimum atomic E-state index is 0. The van der Waals surface area contributed by atoms with Gasteiger partial charge >= 0.3 is 0 Å². The summed E-state index contributed by atoms with van der Waals surface area (Å²) in [6, 6.07) is 0. The first-order valence-corrected chi connectivity index (χ1v) is 3.14. The van der Waals surface area contributed by atoms with Crippen LogP contribution in [0.1, 0.15) is 0 Å². The summed E-state index contributed by atoms with van der Waals surface area (Å²) in [7, 11) is 3.69. The molecule has 1 heterocycles. The third kappa shape index (κ3) is 1.85. The van der Waals surface area contributed by atoms with E-state index in [-0.39, 0.29) is 24.2 Å². The molecule has 0 aromatic carbocycles. The van der Waals surface area contributed by atoms with Crippen molar-refractivity contribution in [1.29, 1.82) is 0 Å². The van der Waals surface area contributed by atoms with E-state index in [9.17, 15) is 4.79 Å². The summed E-state index contributed by atoms with van der Waals surface area (Å²) in [5.74, 6) is 0.424. The van der Waals surface area contributed by atoms with Gasteiger partial charge in [-0.15, -0.1) is 12.4 Å². The van der Waals surface area contributed by atoms with Crippen molar-refractivity contribution in [3.8, 4) is 0 Å². The fourth-order valence-corrected chi connectivity index (χ4v) is 1.07. The summed E-state index contributed by atoms with van der Waals surface area (Å²) in [5.41, 5.74) is 0. The molecule has 1 saturated heterocycles. The normalized spacial score (nSPS) is 19.0. The maximum Gasteiger partial charge on any atom is 0.225 e. The zero-order chi connectivity index (χ0) is 6.85. The lowest BCUT2D eigenvalue weighted by Gasteiger charge is -2.34. The third-order valence-electron chi connectivity index (χ3n) is 1.68. The average Bonchev–Trinajstić information content (AvgIpc) is 1.79. The van der Waals surface area contributed by atoms with E-state index >= 15 is 0 Å². The van der Waals surface area contributed by atoms with E-state index < -0.39 is 0 Å². The molecule has 0 bridgehead atoms. The standard InChI is InChI=1S/C6H12N2O.ClH/c1-7-6(9)5-3-8(2)4-5;/h5H,3-4H2,1-2H3,(H,7,9);1H. The highest BCUT2D eigenvalue weighted by Crippen LogP contribution is 2.11. The zero-order valence-corrected chi connectivity index (χ0v) is 7.07. The SMILES string of the molecule is CNC(=O)C1CN(C)C1.Cl. The lowest BCUT2D eigenvalue weighted by atomic mass is 10.0. The van der Waals surface area contributed by atoms with Crippen molar-refractivity contribution in [1.82, 2.24) is 10.2 Å². The van der Waals surface area contributed by atoms with Gasteiger partial charge in [-0.25, -0.2) is 0 Å². The van der Waals surface area contributed by atoms with Gasteiger partial charge < -0.3 is 10.2 Å². The number of hydrogen-bond donors (Lipinski definition) is 1. The molecule has 1 aliphatic heterocycles. The minimum Gasteiger partial charge on any atom is -0.359 e. The molecule has 4 heteroatoms. The molecule has 1 aliphatic rings. The molecule has 0 radical (unpaired) electrons. The van der Waals surface area contributed by atoms with Gasteiger partial charge in [-0.2, -0.15) is 0 Å². The number of carbonyl (C=O) groups excluding carboxylic acids is 1. The van der Waals surface area contributed by atoms with E-state index in [1.165, 1.54) is 0 Å². The van der Waals surface area contributed by atoms with Crippen molar-refractivity contribution in [3.63, 3.8) is 0 Å². The molecule has 0 unspecified atom stereocenters. The summed E-state index contributed by atoms with van der Waals surface area (Å²) in [6.07, 6.45) is 0. The molecule has 0 spiro atoms. The lowest BCUT2D eigenvalue weighted by molar-refractivity contribution is -0.129. The van der Waals surface area contributed by atoms with Crippen LogP contribution in [0.4, 0.5) is 0 Å². The summed E-state index contributed by atoms with van der Waals surface area (Å²) in [6.45, 7) is 1.83. The first-order valence-electron chi connectivity index (χ1n) is 3.14. The molecule has 60 valence electrons. The number of nitrogens with one attached hydrogen (secondary N) is 1. The number of carbonyl (C=O) groups is 1. The van der Waals surface area contributed by atoms with Crippen LogP contribution in [0.3, 0.4) is 0 Å². The Bertz CT molecular complexity index is 123. The van der Waals surface area contributed by atoms with Crippen LogP contribution in [-0.2, 0) is 4.79 Å². The molecule has 1 amide bonds. The molecule has 1 rings (SSSR count). The van der Waals surface area contributed by atoms with E-state index in [1.807, 2.05) is 7.05 Å². The highest BCUT2D eigenvalue weighted by molar-refractivity contribution is 5.85. The highest BCUT2D eigenvalue weighted by atomic mass is 35.5. The van der Waals surface area contributed by atoms with Crippen molar-refractivity contribution in [2.24, 2.45) is 5.92 Å². The molecule has 0 atom stereocenters. The van der Waals surface area contributed by atoms with Crippen LogP contribution >= 0.6 is 12.4 Å². The molecule has 0 saturated carbocycles. The number of halogens is 1. The summed E-state index contributed by atoms with van der Waals surface area (Å²) < 4.78 is 0. The molecule has 1 N–H and O–H groups in total. The lowest BCUT2D eigenvalue weighted by Crippen LogP contribution is -2.50. The predicted octanol–water partition coefficient (Wildman–Crippen LogP) is -0.284. The van der Waals surface area contributed by atoms with Gasteiger partial charge in [0, 0.05) is 20.1 Å². The van der Waals surface area contributed by atoms with Crippen LogP contribution in [0, 0.1) is 5.92 Å². The van der Waals surface area contributed by atoms with Crippen molar-refractivity contribution < 1.29 is 4.79 Å². The molecule has 0 aromatic rings. The van der Waals surface area contributed by atoms with Gasteiger partial charge in [-0.3, -0.25) is 4.79 Å². The van der Waals surface area contributed by atoms with Gasteiger partial charge in [-0.1, -0.05) is 0 Å². The van der Waals surface area contributed by atoms with Crippen molar-refractivity contribution in [2.75, 3.05) is 27.2 Å². The first-order chi connectivity index (χ1) is 4.24. The molecular formula is C6H13ClN2O. The summed E-state index contributed by atoms with van der Waals surface area (Å²) in [5, 5.41) is 2.62.